The van der Waals surface area contributed by atoms with E-state index in [1.807, 2.05) is 24.0 Å². The van der Waals surface area contributed by atoms with Gasteiger partial charge in [0.1, 0.15) is 0 Å². The van der Waals surface area contributed by atoms with Crippen LogP contribution in [0.3, 0.4) is 0 Å². The number of methoxy groups -OCH3 is 1. The number of halogens is 3. The van der Waals surface area contributed by atoms with E-state index in [4.69, 9.17) is 20.2 Å². The van der Waals surface area contributed by atoms with Crippen molar-refractivity contribution in [3.05, 3.63) is 45.8 Å². The molecule has 3 saturated heterocycles. The predicted molar refractivity (Wildman–Crippen MR) is 173 cm³/mol. The number of hydrogen-bond acceptors (Lipinski definition) is 9. The summed E-state index contributed by atoms with van der Waals surface area (Å²) < 4.78 is 45.5. The zero-order valence-electron chi connectivity index (χ0n) is 24.7. The first kappa shape index (κ1) is 30.4. The molecule has 0 aliphatic carbocycles. The molecule has 10 nitrogen and oxygen atoms in total. The van der Waals surface area contributed by atoms with Gasteiger partial charge in [0, 0.05) is 7.11 Å². The van der Waals surface area contributed by atoms with E-state index in [0.29, 0.717) is 67.7 Å². The second-order valence-corrected chi connectivity index (χ2v) is 16.6. The van der Waals surface area contributed by atoms with Gasteiger partial charge >= 0.3 is 248 Å². The first-order chi connectivity index (χ1) is 20.8. The van der Waals surface area contributed by atoms with Gasteiger partial charge in [-0.05, 0) is 0 Å². The molecule has 1 aromatic rings. The average molecular weight is 712 g/mol. The zero-order valence-corrected chi connectivity index (χ0v) is 26.9. The van der Waals surface area contributed by atoms with E-state index >= 15 is 0 Å². The number of amides is 1. The molecule has 6 rings (SSSR count). The van der Waals surface area contributed by atoms with Crippen molar-refractivity contribution in [2.24, 2.45) is 10.7 Å². The van der Waals surface area contributed by atoms with Crippen LogP contribution in [0.2, 0.25) is 0 Å². The quantitative estimate of drug-likeness (QED) is 0.151. The van der Waals surface area contributed by atoms with Crippen molar-refractivity contribution in [1.29, 1.82) is 0 Å². The normalized spacial score (nSPS) is 26.3. The van der Waals surface area contributed by atoms with Gasteiger partial charge in [0.2, 0.25) is 0 Å². The number of fused-ring (bicyclic) bond motifs is 3. The fourth-order valence-electron chi connectivity index (χ4n) is 6.64. The van der Waals surface area contributed by atoms with E-state index < -0.39 is 32.1 Å². The van der Waals surface area contributed by atoms with E-state index in [1.54, 1.807) is 13.3 Å². The molecule has 43 heavy (non-hydrogen) atoms. The molecule has 0 bridgehead atoms. The average Bonchev–Trinajstić information content (AvgIpc) is 3.01. The monoisotopic (exact) mass is 711 g/mol. The number of piperidine rings is 1. The van der Waals surface area contributed by atoms with Crippen molar-refractivity contribution in [3.8, 4) is 0 Å². The van der Waals surface area contributed by atoms with Crippen LogP contribution in [0.4, 0.5) is 20.3 Å². The van der Waals surface area contributed by atoms with Crippen molar-refractivity contribution in [1.82, 2.24) is 14.8 Å². The molecule has 2 N–H and O–H groups in total. The molecule has 5 aliphatic rings. The van der Waals surface area contributed by atoms with Crippen LogP contribution < -0.4 is 13.7 Å². The summed E-state index contributed by atoms with van der Waals surface area (Å²) in [7, 11) is 1.65. The Morgan fingerprint density at radius 3 is 2.67 bits per heavy atom. The molecule has 1 aromatic heterocycles. The van der Waals surface area contributed by atoms with E-state index in [-0.39, 0.29) is 17.6 Å². The van der Waals surface area contributed by atoms with E-state index in [0.717, 1.165) is 36.6 Å². The fourth-order valence-corrected chi connectivity index (χ4v) is 12.3. The summed E-state index contributed by atoms with van der Waals surface area (Å²) in [6.45, 7) is 11.5. The Balaban J connectivity index is 1.19. The number of alkyl halides is 3. The van der Waals surface area contributed by atoms with Gasteiger partial charge in [0.25, 0.3) is 0 Å². The van der Waals surface area contributed by atoms with E-state index in [9.17, 15) is 13.6 Å². The van der Waals surface area contributed by atoms with Crippen LogP contribution in [-0.2, 0) is 14.3 Å². The third-order valence-electron chi connectivity index (χ3n) is 9.05. The molecular formula is C30H40F2IN7O3. The SMILES string of the molecule is C=CC(=O)N1CCN(C2CN3c4cc(N5CCC6(CC5)OC[C@H](COC)N=C6/C(C)=C\N)nc(C(F)F)c4C=CI23)CC1. The zero-order chi connectivity index (χ0) is 30.3. The molecule has 5 aliphatic heterocycles. The number of piperazine rings is 1. The Kier molecular flexibility index (Phi) is 8.77. The molecule has 0 aromatic carbocycles. The maximum atomic E-state index is 14.4. The van der Waals surface area contributed by atoms with Gasteiger partial charge < -0.3 is 4.74 Å². The van der Waals surface area contributed by atoms with Crippen molar-refractivity contribution < 1.29 is 23.0 Å². The number of carbonyl (C=O) groups is 1. The molecule has 2 atom stereocenters. The molecule has 6 heterocycles. The molecule has 13 heteroatoms. The Bertz CT molecular complexity index is 1340. The van der Waals surface area contributed by atoms with Gasteiger partial charge in [-0.15, -0.1) is 0 Å². The number of aromatic nitrogens is 1. The van der Waals surface area contributed by atoms with Crippen LogP contribution in [-0.4, -0.2) is 108 Å². The Morgan fingerprint density at radius 1 is 1.28 bits per heavy atom. The van der Waals surface area contributed by atoms with Gasteiger partial charge in [0.15, 0.2) is 0 Å². The summed E-state index contributed by atoms with van der Waals surface area (Å²) >= 11 is -1.78. The number of nitrogens with two attached hydrogens (primary N) is 1. The number of pyridine rings is 1. The number of anilines is 2. The third-order valence-corrected chi connectivity index (χ3v) is 15.1. The number of aliphatic imine (C=N–C) groups is 1. The van der Waals surface area contributed by atoms with Crippen LogP contribution in [0.15, 0.2) is 39.6 Å². The van der Waals surface area contributed by atoms with Crippen LogP contribution >= 0.6 is 20.1 Å². The summed E-state index contributed by atoms with van der Waals surface area (Å²) in [6, 6.07) is 1.93. The number of carbonyl (C=O) groups excluding carboxylic acids is 1. The third kappa shape index (κ3) is 5.57. The molecule has 234 valence electrons. The first-order valence-electron chi connectivity index (χ1n) is 14.7. The number of nitrogens with zero attached hydrogens (tertiary/aromatic N) is 6. The maximum absolute atomic E-state index is 14.4. The molecular weight excluding hydrogens is 671 g/mol. The fraction of sp³-hybridized carbons (Fsp3) is 0.567. The van der Waals surface area contributed by atoms with Gasteiger partial charge in [-0.2, -0.15) is 0 Å². The Morgan fingerprint density at radius 2 is 2.02 bits per heavy atom. The number of hydrogen-bond donors (Lipinski definition) is 1. The van der Waals surface area contributed by atoms with Gasteiger partial charge in [0.05, 0.1) is 0 Å². The van der Waals surface area contributed by atoms with Gasteiger partial charge in [-0.1, -0.05) is 0 Å². The van der Waals surface area contributed by atoms with Gasteiger partial charge in [-0.25, -0.2) is 0 Å². The minimum atomic E-state index is -2.67. The van der Waals surface area contributed by atoms with Crippen molar-refractivity contribution in [2.45, 2.75) is 41.9 Å². The van der Waals surface area contributed by atoms with Crippen LogP contribution in [0.5, 0.6) is 0 Å². The predicted octanol–water partition coefficient (Wildman–Crippen LogP) is 3.59. The molecule has 1 spiro atoms. The molecule has 0 radical (unpaired) electrons. The van der Waals surface area contributed by atoms with E-state index in [1.165, 1.54) is 6.08 Å². The number of ether oxygens (including phenoxy) is 2. The van der Waals surface area contributed by atoms with Crippen LogP contribution in [0.25, 0.3) is 6.08 Å². The molecule has 0 saturated carbocycles. The second-order valence-electron chi connectivity index (χ2n) is 11.5. The molecule has 3 fully saturated rings. The van der Waals surface area contributed by atoms with Gasteiger partial charge in [-0.3, -0.25) is 0 Å². The summed E-state index contributed by atoms with van der Waals surface area (Å²) in [5.41, 5.74) is 8.34. The Labute approximate surface area is 259 Å². The van der Waals surface area contributed by atoms with Crippen LogP contribution in [0, 0.1) is 0 Å². The topological polar surface area (TPSA) is 99.8 Å². The summed E-state index contributed by atoms with van der Waals surface area (Å²) in [6.07, 6.45) is 3.48. The summed E-state index contributed by atoms with van der Waals surface area (Å²) in [5.74, 6) is 0.566. The molecule has 1 unspecified atom stereocenters. The van der Waals surface area contributed by atoms with Crippen molar-refractivity contribution >= 4 is 49.3 Å². The van der Waals surface area contributed by atoms with E-state index in [2.05, 4.69) is 28.6 Å². The van der Waals surface area contributed by atoms with Crippen molar-refractivity contribution in [2.75, 3.05) is 74.2 Å². The summed E-state index contributed by atoms with van der Waals surface area (Å²) in [4.78, 5) is 27.9. The number of rotatable bonds is 7. The first-order valence-corrected chi connectivity index (χ1v) is 18.2. The minimum absolute atomic E-state index is 0.0248. The summed E-state index contributed by atoms with van der Waals surface area (Å²) in [5, 5.41) is 0. The Hall–Kier alpha value is -2.62. The standard InChI is InChI=1S/C30H40F2IN7O3/c1-4-26(41)39-13-11-37(12-14-39)24-17-40-23-15-25(36-27(29(31)32)22(23)5-8-33(24)40)38-9-6-30(7-10-38)28(20(2)16-34)35-21(18-42-3)19-43-30/h4-5,8,15-16,21,24,29H,1,6-7,9-14,17-19,34H2,2-3H3/b20-16-/t21-,24?/m0/s1. The van der Waals surface area contributed by atoms with Crippen LogP contribution in [0.1, 0.15) is 37.4 Å². The van der Waals surface area contributed by atoms with Crippen molar-refractivity contribution in [3.63, 3.8) is 0 Å². The molecule has 1 amide bonds. The second kappa shape index (κ2) is 12.4.